The van der Waals surface area contributed by atoms with Crippen LogP contribution in [-0.2, 0) is 28.4 Å². The SMILES string of the molecule is COc1ccc(NC(=O)NC2[C@@H](OC3[C@@H](CO)O[C@@H](O[C@@H]4C(O)[C@H](N)CC(N)[C@H]4O[C@H]4OC(CO)[C@@H](O)[C@H](O)C4N)[C@H]3O)OC(CN)[C@@H](O)[C@H]2O)cc1. The van der Waals surface area contributed by atoms with Gasteiger partial charge in [0, 0.05) is 24.3 Å². The van der Waals surface area contributed by atoms with Gasteiger partial charge in [0.15, 0.2) is 18.9 Å². The molecule has 7 unspecified atom stereocenters. The Bertz CT molecular complexity index is 1320. The van der Waals surface area contributed by atoms with Crippen LogP contribution in [0.2, 0.25) is 0 Å². The first-order chi connectivity index (χ1) is 25.2. The van der Waals surface area contributed by atoms with Gasteiger partial charge in [-0.15, -0.1) is 0 Å². The fourth-order valence-corrected chi connectivity index (χ4v) is 6.82. The molecule has 19 atom stereocenters. The van der Waals surface area contributed by atoms with Gasteiger partial charge in [0.05, 0.1) is 32.5 Å². The van der Waals surface area contributed by atoms with Crippen LogP contribution in [-0.4, -0.2) is 190 Å². The summed E-state index contributed by atoms with van der Waals surface area (Å²) in [5.74, 6) is 0.542. The summed E-state index contributed by atoms with van der Waals surface area (Å²) in [7, 11) is 1.48. The molecule has 1 aliphatic carbocycles. The van der Waals surface area contributed by atoms with Crippen molar-refractivity contribution in [2.45, 2.75) is 123 Å². The van der Waals surface area contributed by atoms with E-state index >= 15 is 0 Å². The highest BCUT2D eigenvalue weighted by Crippen LogP contribution is 2.34. The van der Waals surface area contributed by atoms with E-state index in [1.807, 2.05) is 0 Å². The fourth-order valence-electron chi connectivity index (χ4n) is 6.82. The van der Waals surface area contributed by atoms with Crippen molar-refractivity contribution in [3.63, 3.8) is 0 Å². The number of carbonyl (C=O) groups excluding carboxylic acids is 1. The lowest BCUT2D eigenvalue weighted by Gasteiger charge is -2.47. The molecule has 5 rings (SSSR count). The van der Waals surface area contributed by atoms with Gasteiger partial charge in [-0.25, -0.2) is 4.79 Å². The molecule has 2 amide bonds. The van der Waals surface area contributed by atoms with Crippen molar-refractivity contribution < 1.29 is 78.8 Å². The van der Waals surface area contributed by atoms with Gasteiger partial charge < -0.3 is 108 Å². The van der Waals surface area contributed by atoms with Gasteiger partial charge in [0.1, 0.15) is 78.9 Å². The minimum atomic E-state index is -1.74. The van der Waals surface area contributed by atoms with Gasteiger partial charge in [-0.1, -0.05) is 0 Å². The Morgan fingerprint density at radius 3 is 1.92 bits per heavy atom. The Balaban J connectivity index is 1.32. The van der Waals surface area contributed by atoms with Crippen molar-refractivity contribution in [2.75, 3.05) is 32.2 Å². The minimum Gasteiger partial charge on any atom is -0.497 e. The second kappa shape index (κ2) is 18.0. The second-order valence-electron chi connectivity index (χ2n) is 13.5. The molecule has 4 fully saturated rings. The number of nitrogens with two attached hydrogens (primary N) is 4. The smallest absolute Gasteiger partial charge is 0.319 e. The van der Waals surface area contributed by atoms with Crippen LogP contribution in [0.4, 0.5) is 10.5 Å². The van der Waals surface area contributed by atoms with Gasteiger partial charge in [-0.2, -0.15) is 0 Å². The zero-order valence-electron chi connectivity index (χ0n) is 28.8. The van der Waals surface area contributed by atoms with Crippen LogP contribution < -0.4 is 38.3 Å². The first-order valence-corrected chi connectivity index (χ1v) is 17.1. The molecule has 0 radical (unpaired) electrons. The molecule has 18 N–H and O–H groups in total. The number of benzene rings is 1. The largest absolute Gasteiger partial charge is 0.497 e. The minimum absolute atomic E-state index is 0.0251. The van der Waals surface area contributed by atoms with Crippen molar-refractivity contribution >= 4 is 11.7 Å². The van der Waals surface area contributed by atoms with Crippen LogP contribution in [0.1, 0.15) is 6.42 Å². The molecule has 0 spiro atoms. The maximum Gasteiger partial charge on any atom is 0.319 e. The van der Waals surface area contributed by atoms with Crippen molar-refractivity contribution in [3.05, 3.63) is 24.3 Å². The van der Waals surface area contributed by atoms with Crippen LogP contribution in [0.5, 0.6) is 5.75 Å². The van der Waals surface area contributed by atoms with E-state index in [4.69, 9.17) is 56.1 Å². The molecular formula is C31H52N6O16. The van der Waals surface area contributed by atoms with Gasteiger partial charge in [0.2, 0.25) is 0 Å². The maximum absolute atomic E-state index is 13.0. The third-order valence-electron chi connectivity index (χ3n) is 9.92. The number of nitrogens with one attached hydrogen (secondary N) is 2. The van der Waals surface area contributed by atoms with Gasteiger partial charge in [-0.05, 0) is 30.7 Å². The van der Waals surface area contributed by atoms with Crippen LogP contribution in [0, 0.1) is 0 Å². The number of anilines is 1. The van der Waals surface area contributed by atoms with Crippen LogP contribution >= 0.6 is 0 Å². The van der Waals surface area contributed by atoms with Crippen LogP contribution in [0.3, 0.4) is 0 Å². The van der Waals surface area contributed by atoms with E-state index in [0.29, 0.717) is 11.4 Å². The molecule has 0 bridgehead atoms. The average molecular weight is 765 g/mol. The summed E-state index contributed by atoms with van der Waals surface area (Å²) in [6.45, 7) is -1.69. The third-order valence-corrected chi connectivity index (χ3v) is 9.92. The Kier molecular flexibility index (Phi) is 14.2. The Hall–Kier alpha value is -2.43. The number of methoxy groups -OCH3 is 1. The molecule has 22 nitrogen and oxygen atoms in total. The van der Waals surface area contributed by atoms with E-state index in [1.54, 1.807) is 24.3 Å². The van der Waals surface area contributed by atoms with E-state index in [-0.39, 0.29) is 13.0 Å². The highest BCUT2D eigenvalue weighted by molar-refractivity contribution is 5.89. The van der Waals surface area contributed by atoms with E-state index < -0.39 is 136 Å². The lowest BCUT2D eigenvalue weighted by molar-refractivity contribution is -0.310. The molecule has 1 saturated carbocycles. The summed E-state index contributed by atoms with van der Waals surface area (Å²) in [5, 5.41) is 89.8. The number of aliphatic hydroxyl groups is 8. The van der Waals surface area contributed by atoms with Crippen molar-refractivity contribution in [1.82, 2.24) is 5.32 Å². The molecular weight excluding hydrogens is 712 g/mol. The lowest BCUT2D eigenvalue weighted by atomic mass is 9.84. The monoisotopic (exact) mass is 764 g/mol. The highest BCUT2D eigenvalue weighted by Gasteiger charge is 2.55. The number of aliphatic hydroxyl groups excluding tert-OH is 8. The zero-order chi connectivity index (χ0) is 38.7. The molecule has 3 aliphatic heterocycles. The Morgan fingerprint density at radius 2 is 1.30 bits per heavy atom. The normalized spacial score (nSPS) is 44.7. The second-order valence-corrected chi connectivity index (χ2v) is 13.5. The van der Waals surface area contributed by atoms with Crippen molar-refractivity contribution in [3.8, 4) is 5.75 Å². The standard InChI is InChI=1S/C31H52N6O16/c1-47-11-4-2-10(3-5-11)36-31(46)37-18-23(44)20(41)14(7-32)48-29(18)52-26-16(9-39)50-30(24(26)45)53-27-19(40)12(33)6-13(34)25(27)51-28-17(35)22(43)21(42)15(8-38)49-28/h2-5,12-30,38-45H,6-9,32-35H2,1H3,(H2,36,37,46)/t12-,13?,14?,15?,16-,17?,18?,19?,20-,21-,22-,23+,24+,25-,26?,27-,28-,29-,30+/m1/s1. The molecule has 22 heteroatoms. The summed E-state index contributed by atoms with van der Waals surface area (Å²) in [4.78, 5) is 13.0. The van der Waals surface area contributed by atoms with Gasteiger partial charge in [-0.3, -0.25) is 0 Å². The number of urea groups is 1. The number of hydrogen-bond acceptors (Lipinski definition) is 20. The molecule has 0 aromatic heterocycles. The third kappa shape index (κ3) is 9.01. The summed E-state index contributed by atoms with van der Waals surface area (Å²) in [6, 6.07) is 0.859. The molecule has 1 aromatic rings. The number of hydrogen-bond donors (Lipinski definition) is 14. The number of ether oxygens (including phenoxy) is 7. The topological polar surface area (TPSA) is 372 Å². The molecule has 3 saturated heterocycles. The fraction of sp³-hybridized carbons (Fsp3) is 0.774. The van der Waals surface area contributed by atoms with Gasteiger partial charge >= 0.3 is 6.03 Å². The van der Waals surface area contributed by atoms with Crippen LogP contribution in [0.25, 0.3) is 0 Å². The lowest BCUT2D eigenvalue weighted by Crippen LogP contribution is -2.68. The molecule has 302 valence electrons. The van der Waals surface area contributed by atoms with Crippen LogP contribution in [0.15, 0.2) is 24.3 Å². The van der Waals surface area contributed by atoms with Crippen molar-refractivity contribution in [2.24, 2.45) is 22.9 Å². The zero-order valence-corrected chi connectivity index (χ0v) is 28.8. The number of carbonyl (C=O) groups is 1. The Morgan fingerprint density at radius 1 is 0.717 bits per heavy atom. The highest BCUT2D eigenvalue weighted by atomic mass is 16.8. The summed E-state index contributed by atoms with van der Waals surface area (Å²) in [6.07, 6.45) is -22.1. The predicted molar refractivity (Wildman–Crippen MR) is 177 cm³/mol. The average Bonchev–Trinajstić information content (AvgIpc) is 3.44. The maximum atomic E-state index is 13.0. The molecule has 1 aromatic carbocycles. The first kappa shape index (κ1) is 41.7. The summed E-state index contributed by atoms with van der Waals surface area (Å²) >= 11 is 0. The quantitative estimate of drug-likeness (QED) is 0.0940. The van der Waals surface area contributed by atoms with E-state index in [1.165, 1.54) is 7.11 Å². The number of rotatable bonds is 12. The first-order valence-electron chi connectivity index (χ1n) is 17.1. The van der Waals surface area contributed by atoms with Crippen molar-refractivity contribution in [1.29, 1.82) is 0 Å². The van der Waals surface area contributed by atoms with E-state index in [2.05, 4.69) is 10.6 Å². The number of amides is 2. The summed E-state index contributed by atoms with van der Waals surface area (Å²) < 4.78 is 40.3. The molecule has 53 heavy (non-hydrogen) atoms. The van der Waals surface area contributed by atoms with E-state index in [9.17, 15) is 45.6 Å². The van der Waals surface area contributed by atoms with E-state index in [0.717, 1.165) is 0 Å². The van der Waals surface area contributed by atoms with Gasteiger partial charge in [0.25, 0.3) is 0 Å². The summed E-state index contributed by atoms with van der Waals surface area (Å²) in [5.41, 5.74) is 24.7. The molecule has 3 heterocycles. The Labute approximate surface area is 303 Å². The molecule has 4 aliphatic rings. The predicted octanol–water partition coefficient (Wildman–Crippen LogP) is -6.99.